The lowest BCUT2D eigenvalue weighted by molar-refractivity contribution is -0.138. The molecule has 1 aromatic carbocycles. The summed E-state index contributed by atoms with van der Waals surface area (Å²) in [6.45, 7) is 2.74. The summed E-state index contributed by atoms with van der Waals surface area (Å²) in [6, 6.07) is 7.63. The van der Waals surface area contributed by atoms with Crippen LogP contribution < -0.4 is 9.74 Å². The molecular weight excluding hydrogens is 291 g/mol. The van der Waals surface area contributed by atoms with Crippen LogP contribution in [0.3, 0.4) is 0 Å². The maximum absolute atomic E-state index is 12.2. The molecule has 2 rings (SSSR count). The molecule has 7 heteroatoms. The number of nitrogens with zero attached hydrogens (tertiary/aromatic N) is 2. The van der Waals surface area contributed by atoms with Crippen molar-refractivity contribution in [3.05, 3.63) is 24.3 Å². The monoisotopic (exact) mass is 307 g/mol. The lowest BCUT2D eigenvalue weighted by atomic mass is 10.2. The number of hydrogen-bond acceptors (Lipinski definition) is 3. The van der Waals surface area contributed by atoms with Crippen LogP contribution in [0.15, 0.2) is 24.3 Å². The van der Waals surface area contributed by atoms with Crippen LogP contribution in [0.25, 0.3) is 0 Å². The highest BCUT2D eigenvalue weighted by atomic mass is 35.5. The fourth-order valence-corrected chi connectivity index (χ4v) is 2.49. The van der Waals surface area contributed by atoms with Crippen LogP contribution in [0.4, 0.5) is 24.5 Å². The van der Waals surface area contributed by atoms with Gasteiger partial charge in [0.15, 0.2) is 0 Å². The van der Waals surface area contributed by atoms with E-state index in [1.165, 1.54) is 0 Å². The second-order valence-corrected chi connectivity index (χ2v) is 4.99. The molecule has 0 aromatic heterocycles. The topological polar surface area (TPSA) is 18.5 Å². The fraction of sp³-hybridized carbons (Fsp3) is 0.538. The Bertz CT molecular complexity index is 431. The largest absolute Gasteiger partial charge is 0.390 e. The first-order valence-electron chi connectivity index (χ1n) is 6.49. The van der Waals surface area contributed by atoms with Crippen molar-refractivity contribution < 1.29 is 13.2 Å². The molecule has 0 atom stereocenters. The number of para-hydroxylation sites is 2. The summed E-state index contributed by atoms with van der Waals surface area (Å²) < 4.78 is 36.6. The van der Waals surface area contributed by atoms with E-state index in [-0.39, 0.29) is 6.54 Å². The van der Waals surface area contributed by atoms with Crippen LogP contribution in [0.1, 0.15) is 6.42 Å². The Morgan fingerprint density at radius 1 is 1.10 bits per heavy atom. The van der Waals surface area contributed by atoms with E-state index in [1.54, 1.807) is 0 Å². The Labute approximate surface area is 121 Å². The number of alkyl halides is 3. The summed E-state index contributed by atoms with van der Waals surface area (Å²) in [5.74, 6) is 0. The number of hydrogen-bond donors (Lipinski definition) is 1. The minimum absolute atomic E-state index is 0.0761. The Kier molecular flexibility index (Phi) is 4.99. The lowest BCUT2D eigenvalue weighted by Crippen LogP contribution is -2.47. The molecule has 1 N–H and O–H groups in total. The van der Waals surface area contributed by atoms with Crippen LogP contribution in [0.2, 0.25) is 0 Å². The maximum atomic E-state index is 12.2. The third kappa shape index (κ3) is 4.18. The quantitative estimate of drug-likeness (QED) is 0.861. The van der Waals surface area contributed by atoms with Gasteiger partial charge in [-0.25, -0.2) is 0 Å². The molecule has 0 radical (unpaired) electrons. The van der Waals surface area contributed by atoms with E-state index in [9.17, 15) is 13.2 Å². The first-order valence-corrected chi connectivity index (χ1v) is 6.87. The van der Waals surface area contributed by atoms with Gasteiger partial charge in [0.1, 0.15) is 0 Å². The lowest BCUT2D eigenvalue weighted by Gasteiger charge is -2.36. The number of benzene rings is 1. The third-order valence-electron chi connectivity index (χ3n) is 3.43. The van der Waals surface area contributed by atoms with Crippen molar-refractivity contribution in [3.8, 4) is 0 Å². The summed E-state index contributed by atoms with van der Waals surface area (Å²) in [6.07, 6.45) is -4.82. The minimum Gasteiger partial charge on any atom is -0.367 e. The van der Waals surface area contributed by atoms with E-state index in [0.29, 0.717) is 26.2 Å². The van der Waals surface area contributed by atoms with Gasteiger partial charge in [-0.05, 0) is 12.1 Å². The fourth-order valence-electron chi connectivity index (χ4n) is 2.33. The van der Waals surface area contributed by atoms with Crippen LogP contribution in [0, 0.1) is 0 Å². The average Bonchev–Trinajstić information content (AvgIpc) is 2.45. The number of halogens is 4. The highest BCUT2D eigenvalue weighted by Gasteiger charge is 2.28. The smallest absolute Gasteiger partial charge is 0.367 e. The molecule has 0 saturated carbocycles. The SMILES string of the molecule is FC(F)(F)CCN1CCN(c2ccccc2NCl)CC1. The van der Waals surface area contributed by atoms with E-state index in [0.717, 1.165) is 11.4 Å². The van der Waals surface area contributed by atoms with Gasteiger partial charge in [-0.2, -0.15) is 13.2 Å². The Morgan fingerprint density at radius 2 is 1.75 bits per heavy atom. The first-order chi connectivity index (χ1) is 9.49. The molecule has 0 amide bonds. The van der Waals surface area contributed by atoms with Gasteiger partial charge in [0.05, 0.1) is 17.8 Å². The minimum atomic E-state index is -4.08. The van der Waals surface area contributed by atoms with Crippen molar-refractivity contribution in [1.82, 2.24) is 4.90 Å². The van der Waals surface area contributed by atoms with Crippen molar-refractivity contribution in [3.63, 3.8) is 0 Å². The summed E-state index contributed by atoms with van der Waals surface area (Å²) in [5, 5.41) is 0. The second kappa shape index (κ2) is 6.54. The number of anilines is 2. The number of rotatable bonds is 4. The standard InChI is InChI=1S/C13H17ClF3N3/c14-18-11-3-1-2-4-12(11)20-9-7-19(8-10-20)6-5-13(15,16)17/h1-4,18H,5-10H2. The number of nitrogens with one attached hydrogen (secondary N) is 1. The maximum Gasteiger partial charge on any atom is 0.390 e. The van der Waals surface area contributed by atoms with Crippen molar-refractivity contribution in [2.75, 3.05) is 42.5 Å². The van der Waals surface area contributed by atoms with Crippen molar-refractivity contribution in [1.29, 1.82) is 0 Å². The van der Waals surface area contributed by atoms with E-state index in [4.69, 9.17) is 11.8 Å². The van der Waals surface area contributed by atoms with Crippen LogP contribution >= 0.6 is 11.8 Å². The summed E-state index contributed by atoms with van der Waals surface area (Å²) in [4.78, 5) is 6.60. The summed E-state index contributed by atoms with van der Waals surface area (Å²) >= 11 is 5.67. The molecule has 1 heterocycles. The molecule has 3 nitrogen and oxygen atoms in total. The van der Waals surface area contributed by atoms with E-state index >= 15 is 0 Å². The molecule has 0 aliphatic carbocycles. The molecule has 1 fully saturated rings. The molecule has 112 valence electrons. The predicted octanol–water partition coefficient (Wildman–Crippen LogP) is 3.33. The molecule has 1 aliphatic rings. The molecule has 20 heavy (non-hydrogen) atoms. The Balaban J connectivity index is 1.88. The highest BCUT2D eigenvalue weighted by molar-refractivity contribution is 6.24. The Hall–Kier alpha value is -1.14. The summed E-state index contributed by atoms with van der Waals surface area (Å²) in [5.41, 5.74) is 1.80. The molecule has 0 spiro atoms. The average molecular weight is 308 g/mol. The van der Waals surface area contributed by atoms with Crippen molar-refractivity contribution in [2.24, 2.45) is 0 Å². The zero-order valence-electron chi connectivity index (χ0n) is 11.0. The van der Waals surface area contributed by atoms with Gasteiger partial charge in [0.2, 0.25) is 0 Å². The highest BCUT2D eigenvalue weighted by Crippen LogP contribution is 2.27. The van der Waals surface area contributed by atoms with Crippen LogP contribution in [-0.4, -0.2) is 43.8 Å². The first kappa shape index (κ1) is 15.3. The normalized spacial score (nSPS) is 17.3. The van der Waals surface area contributed by atoms with Crippen LogP contribution in [0.5, 0.6) is 0 Å². The van der Waals surface area contributed by atoms with Gasteiger partial charge in [0, 0.05) is 44.5 Å². The molecule has 0 unspecified atom stereocenters. The van der Waals surface area contributed by atoms with Gasteiger partial charge in [-0.3, -0.25) is 9.74 Å². The molecule has 1 aromatic rings. The van der Waals surface area contributed by atoms with E-state index in [1.807, 2.05) is 29.2 Å². The van der Waals surface area contributed by atoms with Crippen molar-refractivity contribution >= 4 is 23.2 Å². The molecule has 1 saturated heterocycles. The molecule has 0 bridgehead atoms. The van der Waals surface area contributed by atoms with Gasteiger partial charge in [-0.15, -0.1) is 0 Å². The van der Waals surface area contributed by atoms with Gasteiger partial charge in [0.25, 0.3) is 0 Å². The third-order valence-corrected chi connectivity index (χ3v) is 3.63. The predicted molar refractivity (Wildman–Crippen MR) is 75.2 cm³/mol. The zero-order chi connectivity index (χ0) is 14.6. The Morgan fingerprint density at radius 3 is 2.35 bits per heavy atom. The van der Waals surface area contributed by atoms with E-state index in [2.05, 4.69) is 9.74 Å². The van der Waals surface area contributed by atoms with Gasteiger partial charge in [-0.1, -0.05) is 12.1 Å². The molecular formula is C13H17ClF3N3. The van der Waals surface area contributed by atoms with Gasteiger partial charge < -0.3 is 4.90 Å². The number of piperazine rings is 1. The zero-order valence-corrected chi connectivity index (χ0v) is 11.7. The van der Waals surface area contributed by atoms with E-state index < -0.39 is 12.6 Å². The van der Waals surface area contributed by atoms with Crippen molar-refractivity contribution in [2.45, 2.75) is 12.6 Å². The van der Waals surface area contributed by atoms with Crippen LogP contribution in [-0.2, 0) is 0 Å². The molecule has 1 aliphatic heterocycles. The second-order valence-electron chi connectivity index (χ2n) is 4.81. The van der Waals surface area contributed by atoms with Gasteiger partial charge >= 0.3 is 6.18 Å². The summed E-state index contributed by atoms with van der Waals surface area (Å²) in [7, 11) is 0.